The van der Waals surface area contributed by atoms with Crippen molar-refractivity contribution in [3.05, 3.63) is 24.3 Å². The molecule has 1 aromatic carbocycles. The number of hydrogen-bond acceptors (Lipinski definition) is 4. The van der Waals surface area contributed by atoms with Crippen molar-refractivity contribution in [2.24, 2.45) is 11.5 Å². The molecule has 118 valence electrons. The van der Waals surface area contributed by atoms with Gasteiger partial charge in [0.25, 0.3) is 0 Å². The van der Waals surface area contributed by atoms with Crippen LogP contribution in [0.5, 0.6) is 11.5 Å². The third-order valence-corrected chi connectivity index (χ3v) is 3.22. The molecule has 1 atom stereocenters. The summed E-state index contributed by atoms with van der Waals surface area (Å²) in [5.74, 6) is 1.04. The van der Waals surface area contributed by atoms with E-state index in [0.717, 1.165) is 30.8 Å². The SMILES string of the molecule is CCCOc1ccccc1OCCCCC(C)(N)C(N)=O. The van der Waals surface area contributed by atoms with Crippen LogP contribution in [0.25, 0.3) is 0 Å². The number of primary amides is 1. The molecule has 0 radical (unpaired) electrons. The minimum absolute atomic E-state index is 0.471. The fourth-order valence-electron chi connectivity index (χ4n) is 1.80. The number of unbranched alkanes of at least 4 members (excludes halogenated alkanes) is 1. The monoisotopic (exact) mass is 294 g/mol. The predicted octanol–water partition coefficient (Wildman–Crippen LogP) is 2.23. The van der Waals surface area contributed by atoms with Crippen LogP contribution in [-0.4, -0.2) is 24.7 Å². The van der Waals surface area contributed by atoms with E-state index in [0.29, 0.717) is 19.6 Å². The summed E-state index contributed by atoms with van der Waals surface area (Å²) in [7, 11) is 0. The highest BCUT2D eigenvalue weighted by Gasteiger charge is 2.24. The van der Waals surface area contributed by atoms with Gasteiger partial charge in [-0.1, -0.05) is 19.1 Å². The Morgan fingerprint density at radius 2 is 1.71 bits per heavy atom. The molecule has 5 heteroatoms. The van der Waals surface area contributed by atoms with Crippen LogP contribution in [0.2, 0.25) is 0 Å². The molecule has 21 heavy (non-hydrogen) atoms. The van der Waals surface area contributed by atoms with E-state index >= 15 is 0 Å². The predicted molar refractivity (Wildman–Crippen MR) is 83.4 cm³/mol. The minimum atomic E-state index is -0.942. The zero-order valence-electron chi connectivity index (χ0n) is 12.9. The lowest BCUT2D eigenvalue weighted by molar-refractivity contribution is -0.122. The Morgan fingerprint density at radius 3 is 2.24 bits per heavy atom. The van der Waals surface area contributed by atoms with Crippen molar-refractivity contribution >= 4 is 5.91 Å². The van der Waals surface area contributed by atoms with Crippen molar-refractivity contribution in [1.29, 1.82) is 0 Å². The Kier molecular flexibility index (Phi) is 7.02. The Labute approximate surface area is 126 Å². The first-order chi connectivity index (χ1) is 9.97. The van der Waals surface area contributed by atoms with Gasteiger partial charge in [-0.25, -0.2) is 0 Å². The maximum absolute atomic E-state index is 11.1. The van der Waals surface area contributed by atoms with E-state index in [2.05, 4.69) is 6.92 Å². The van der Waals surface area contributed by atoms with Crippen LogP contribution in [0.1, 0.15) is 39.5 Å². The van der Waals surface area contributed by atoms with Crippen LogP contribution >= 0.6 is 0 Å². The van der Waals surface area contributed by atoms with Gasteiger partial charge in [0.15, 0.2) is 11.5 Å². The van der Waals surface area contributed by atoms with Crippen molar-refractivity contribution in [3.8, 4) is 11.5 Å². The summed E-state index contributed by atoms with van der Waals surface area (Å²) in [6.07, 6.45) is 3.10. The molecule has 0 saturated carbocycles. The molecule has 0 heterocycles. The molecule has 1 amide bonds. The summed E-state index contributed by atoms with van der Waals surface area (Å²) in [4.78, 5) is 11.1. The molecule has 0 fully saturated rings. The molecule has 0 aromatic heterocycles. The molecule has 5 nitrogen and oxygen atoms in total. The number of benzene rings is 1. The third-order valence-electron chi connectivity index (χ3n) is 3.22. The second-order valence-corrected chi connectivity index (χ2v) is 5.38. The summed E-state index contributed by atoms with van der Waals surface area (Å²) in [5.41, 5.74) is 10.1. The molecule has 0 aliphatic rings. The lowest BCUT2D eigenvalue weighted by Gasteiger charge is -2.20. The normalized spacial score (nSPS) is 13.5. The molecule has 0 aliphatic heterocycles. The second kappa shape index (κ2) is 8.52. The molecular weight excluding hydrogens is 268 g/mol. The van der Waals surface area contributed by atoms with E-state index in [-0.39, 0.29) is 0 Å². The standard InChI is InChI=1S/C16H26N2O3/c1-3-11-20-13-8-4-5-9-14(13)21-12-7-6-10-16(2,18)15(17)19/h4-5,8-9H,3,6-7,10-12,18H2,1-2H3,(H2,17,19). The number of rotatable bonds is 10. The van der Waals surface area contributed by atoms with E-state index in [1.165, 1.54) is 0 Å². The van der Waals surface area contributed by atoms with Gasteiger partial charge in [0.1, 0.15) is 0 Å². The van der Waals surface area contributed by atoms with E-state index in [9.17, 15) is 4.79 Å². The fourth-order valence-corrected chi connectivity index (χ4v) is 1.80. The molecule has 1 unspecified atom stereocenters. The van der Waals surface area contributed by atoms with Gasteiger partial charge >= 0.3 is 0 Å². The smallest absolute Gasteiger partial charge is 0.237 e. The molecule has 0 spiro atoms. The summed E-state index contributed by atoms with van der Waals surface area (Å²) in [5, 5.41) is 0. The van der Waals surface area contributed by atoms with Crippen LogP contribution < -0.4 is 20.9 Å². The highest BCUT2D eigenvalue weighted by Crippen LogP contribution is 2.26. The van der Waals surface area contributed by atoms with Gasteiger partial charge in [-0.3, -0.25) is 4.79 Å². The van der Waals surface area contributed by atoms with Crippen molar-refractivity contribution in [1.82, 2.24) is 0 Å². The van der Waals surface area contributed by atoms with E-state index < -0.39 is 11.4 Å². The molecule has 1 aromatic rings. The average molecular weight is 294 g/mol. The number of hydrogen-bond donors (Lipinski definition) is 2. The fraction of sp³-hybridized carbons (Fsp3) is 0.562. The van der Waals surface area contributed by atoms with E-state index in [1.807, 2.05) is 24.3 Å². The van der Waals surface area contributed by atoms with Crippen molar-refractivity contribution < 1.29 is 14.3 Å². The number of carbonyl (C=O) groups excluding carboxylic acids is 1. The summed E-state index contributed by atoms with van der Waals surface area (Å²) < 4.78 is 11.4. The maximum atomic E-state index is 11.1. The molecule has 1 rings (SSSR count). The van der Waals surface area contributed by atoms with Crippen molar-refractivity contribution in [2.45, 2.75) is 45.1 Å². The number of carbonyl (C=O) groups is 1. The van der Waals surface area contributed by atoms with Gasteiger partial charge < -0.3 is 20.9 Å². The lowest BCUT2D eigenvalue weighted by Crippen LogP contribution is -2.49. The zero-order chi connectivity index (χ0) is 15.7. The highest BCUT2D eigenvalue weighted by molar-refractivity contribution is 5.83. The second-order valence-electron chi connectivity index (χ2n) is 5.38. The van der Waals surface area contributed by atoms with Crippen molar-refractivity contribution in [2.75, 3.05) is 13.2 Å². The molecule has 0 saturated heterocycles. The number of ether oxygens (including phenoxy) is 2. The zero-order valence-corrected chi connectivity index (χ0v) is 12.9. The van der Waals surface area contributed by atoms with E-state index in [4.69, 9.17) is 20.9 Å². The van der Waals surface area contributed by atoms with Gasteiger partial charge in [0.05, 0.1) is 18.8 Å². The summed E-state index contributed by atoms with van der Waals surface area (Å²) in [6, 6.07) is 7.62. The quantitative estimate of drug-likeness (QED) is 0.648. The van der Waals surface area contributed by atoms with Gasteiger partial charge in [-0.2, -0.15) is 0 Å². The number of para-hydroxylation sites is 2. The van der Waals surface area contributed by atoms with E-state index in [1.54, 1.807) is 6.92 Å². The first-order valence-corrected chi connectivity index (χ1v) is 7.41. The van der Waals surface area contributed by atoms with Crippen LogP contribution in [0, 0.1) is 0 Å². The number of nitrogens with two attached hydrogens (primary N) is 2. The Morgan fingerprint density at radius 1 is 1.14 bits per heavy atom. The Balaban J connectivity index is 2.34. The molecule has 4 N–H and O–H groups in total. The topological polar surface area (TPSA) is 87.6 Å². The van der Waals surface area contributed by atoms with Gasteiger partial charge in [-0.15, -0.1) is 0 Å². The third kappa shape index (κ3) is 6.04. The Bertz CT molecular complexity index is 447. The largest absolute Gasteiger partial charge is 0.490 e. The van der Waals surface area contributed by atoms with Gasteiger partial charge in [-0.05, 0) is 44.7 Å². The molecule has 0 bridgehead atoms. The van der Waals surface area contributed by atoms with Crippen LogP contribution in [0.15, 0.2) is 24.3 Å². The first kappa shape index (κ1) is 17.3. The number of amides is 1. The summed E-state index contributed by atoms with van der Waals surface area (Å²) in [6.45, 7) is 4.95. The first-order valence-electron chi connectivity index (χ1n) is 7.41. The molecular formula is C16H26N2O3. The molecule has 0 aliphatic carbocycles. The lowest BCUT2D eigenvalue weighted by atomic mass is 9.96. The van der Waals surface area contributed by atoms with Crippen molar-refractivity contribution in [3.63, 3.8) is 0 Å². The van der Waals surface area contributed by atoms with Crippen LogP contribution in [0.3, 0.4) is 0 Å². The summed E-state index contributed by atoms with van der Waals surface area (Å²) >= 11 is 0. The van der Waals surface area contributed by atoms with Crippen LogP contribution in [-0.2, 0) is 4.79 Å². The Hall–Kier alpha value is -1.75. The minimum Gasteiger partial charge on any atom is -0.490 e. The maximum Gasteiger partial charge on any atom is 0.237 e. The van der Waals surface area contributed by atoms with Gasteiger partial charge in [0.2, 0.25) is 5.91 Å². The van der Waals surface area contributed by atoms with Gasteiger partial charge in [0, 0.05) is 0 Å². The highest BCUT2D eigenvalue weighted by atomic mass is 16.5. The average Bonchev–Trinajstić information content (AvgIpc) is 2.45. The van der Waals surface area contributed by atoms with Crippen LogP contribution in [0.4, 0.5) is 0 Å².